The summed E-state index contributed by atoms with van der Waals surface area (Å²) in [7, 11) is 1.61. The fourth-order valence-electron chi connectivity index (χ4n) is 2.78. The number of rotatable bonds is 5. The molecule has 0 radical (unpaired) electrons. The van der Waals surface area contributed by atoms with Crippen LogP contribution in [0.3, 0.4) is 0 Å². The van der Waals surface area contributed by atoms with Crippen LogP contribution in [-0.2, 0) is 16.0 Å². The van der Waals surface area contributed by atoms with Crippen LogP contribution in [0.5, 0.6) is 0 Å². The Morgan fingerprint density at radius 1 is 1.45 bits per heavy atom. The van der Waals surface area contributed by atoms with Crippen molar-refractivity contribution in [2.24, 2.45) is 0 Å². The Labute approximate surface area is 129 Å². The fraction of sp³-hybridized carbons (Fsp3) is 0.600. The number of aliphatic hydroxyl groups excluding tert-OH is 1. The first kappa shape index (κ1) is 16.4. The monoisotopic (exact) mass is 306 g/mol. The number of hydrogen-bond donors (Lipinski definition) is 2. The summed E-state index contributed by atoms with van der Waals surface area (Å²) in [5.41, 5.74) is 1.59. The van der Waals surface area contributed by atoms with Crippen molar-refractivity contribution in [3.8, 4) is 0 Å². The topological polar surface area (TPSA) is 95.4 Å². The van der Waals surface area contributed by atoms with E-state index in [0.29, 0.717) is 25.2 Å². The zero-order valence-electron chi connectivity index (χ0n) is 13.0. The van der Waals surface area contributed by atoms with Crippen LogP contribution in [0.15, 0.2) is 6.07 Å². The Balaban J connectivity index is 2.18. The highest BCUT2D eigenvalue weighted by atomic mass is 16.3. The number of amides is 2. The van der Waals surface area contributed by atoms with E-state index in [9.17, 15) is 9.59 Å². The Hall–Kier alpha value is -2.02. The van der Waals surface area contributed by atoms with Gasteiger partial charge in [-0.2, -0.15) is 0 Å². The summed E-state index contributed by atoms with van der Waals surface area (Å²) in [4.78, 5) is 33.6. The highest BCUT2D eigenvalue weighted by Crippen LogP contribution is 2.31. The van der Waals surface area contributed by atoms with Crippen molar-refractivity contribution in [3.05, 3.63) is 23.3 Å². The third kappa shape index (κ3) is 3.79. The number of carbonyl (C=O) groups excluding carboxylic acids is 2. The summed E-state index contributed by atoms with van der Waals surface area (Å²) >= 11 is 0. The molecule has 2 amide bonds. The molecule has 0 spiro atoms. The zero-order chi connectivity index (χ0) is 16.1. The van der Waals surface area contributed by atoms with Crippen LogP contribution >= 0.6 is 0 Å². The van der Waals surface area contributed by atoms with Gasteiger partial charge in [0.05, 0.1) is 11.7 Å². The quantitative estimate of drug-likeness (QED) is 0.805. The molecular weight excluding hydrogens is 284 g/mol. The average molecular weight is 306 g/mol. The van der Waals surface area contributed by atoms with Crippen molar-refractivity contribution >= 4 is 11.8 Å². The second kappa shape index (κ2) is 7.31. The van der Waals surface area contributed by atoms with Gasteiger partial charge in [-0.05, 0) is 32.3 Å². The average Bonchev–Trinajstić information content (AvgIpc) is 3.00. The highest BCUT2D eigenvalue weighted by molar-refractivity contribution is 5.78. The predicted octanol–water partition coefficient (Wildman–Crippen LogP) is 0.119. The van der Waals surface area contributed by atoms with Crippen LogP contribution in [-0.4, -0.2) is 52.0 Å². The summed E-state index contributed by atoms with van der Waals surface area (Å²) < 4.78 is 0. The van der Waals surface area contributed by atoms with Crippen molar-refractivity contribution in [2.75, 3.05) is 20.2 Å². The molecule has 1 aliphatic rings. The van der Waals surface area contributed by atoms with Gasteiger partial charge in [0.25, 0.3) is 0 Å². The smallest absolute Gasteiger partial charge is 0.248 e. The number of aliphatic hydroxyl groups is 1. The molecule has 1 aliphatic heterocycles. The molecule has 0 aromatic carbocycles. The van der Waals surface area contributed by atoms with Crippen LogP contribution < -0.4 is 5.32 Å². The maximum Gasteiger partial charge on any atom is 0.248 e. The molecular formula is C15H22N4O3. The number of aryl methyl sites for hydroxylation is 2. The molecule has 1 saturated heterocycles. The lowest BCUT2D eigenvalue weighted by atomic mass is 10.1. The molecule has 1 fully saturated rings. The van der Waals surface area contributed by atoms with E-state index in [0.717, 1.165) is 24.2 Å². The maximum absolute atomic E-state index is 11.8. The van der Waals surface area contributed by atoms with Crippen LogP contribution in [0.4, 0.5) is 0 Å². The van der Waals surface area contributed by atoms with E-state index in [1.54, 1.807) is 18.9 Å². The largest absolute Gasteiger partial charge is 0.387 e. The van der Waals surface area contributed by atoms with Gasteiger partial charge >= 0.3 is 0 Å². The Bertz CT molecular complexity index is 562. The molecule has 2 heterocycles. The van der Waals surface area contributed by atoms with Crippen LogP contribution in [0.1, 0.15) is 42.5 Å². The molecule has 120 valence electrons. The van der Waals surface area contributed by atoms with E-state index in [-0.39, 0.29) is 17.9 Å². The normalized spacial score (nSPS) is 17.6. The van der Waals surface area contributed by atoms with Gasteiger partial charge in [0.15, 0.2) is 0 Å². The lowest BCUT2D eigenvalue weighted by Gasteiger charge is -2.24. The molecule has 7 heteroatoms. The van der Waals surface area contributed by atoms with Crippen LogP contribution in [0.2, 0.25) is 0 Å². The number of aromatic nitrogens is 2. The first-order valence-corrected chi connectivity index (χ1v) is 7.50. The van der Waals surface area contributed by atoms with Gasteiger partial charge in [-0.3, -0.25) is 9.59 Å². The maximum atomic E-state index is 11.8. The first-order valence-electron chi connectivity index (χ1n) is 7.50. The van der Waals surface area contributed by atoms with Gasteiger partial charge < -0.3 is 15.3 Å². The van der Waals surface area contributed by atoms with Gasteiger partial charge in [0.2, 0.25) is 11.8 Å². The summed E-state index contributed by atoms with van der Waals surface area (Å²) in [5, 5.41) is 11.7. The lowest BCUT2D eigenvalue weighted by molar-refractivity contribution is -0.135. The van der Waals surface area contributed by atoms with E-state index in [1.165, 1.54) is 0 Å². The van der Waals surface area contributed by atoms with Crippen molar-refractivity contribution in [3.63, 3.8) is 0 Å². The minimum absolute atomic E-state index is 0.0317. The van der Waals surface area contributed by atoms with Gasteiger partial charge in [-0.1, -0.05) is 0 Å². The minimum Gasteiger partial charge on any atom is -0.387 e. The zero-order valence-corrected chi connectivity index (χ0v) is 13.0. The van der Waals surface area contributed by atoms with E-state index in [1.807, 2.05) is 6.07 Å². The number of hydrogen-bond acceptors (Lipinski definition) is 5. The molecule has 0 aliphatic carbocycles. The summed E-state index contributed by atoms with van der Waals surface area (Å²) in [6.07, 6.45) is 2.64. The lowest BCUT2D eigenvalue weighted by Crippen LogP contribution is -2.33. The van der Waals surface area contributed by atoms with Crippen LogP contribution in [0.25, 0.3) is 0 Å². The van der Waals surface area contributed by atoms with E-state index in [2.05, 4.69) is 15.3 Å². The molecule has 1 aromatic heterocycles. The van der Waals surface area contributed by atoms with Gasteiger partial charge in [-0.25, -0.2) is 9.97 Å². The summed E-state index contributed by atoms with van der Waals surface area (Å²) in [6, 6.07) is 1.75. The fourth-order valence-corrected chi connectivity index (χ4v) is 2.78. The summed E-state index contributed by atoms with van der Waals surface area (Å²) in [6.45, 7) is 1.96. The van der Waals surface area contributed by atoms with E-state index < -0.39 is 6.61 Å². The number of carbonyl (C=O) groups is 2. The molecule has 0 saturated carbocycles. The Kier molecular flexibility index (Phi) is 5.43. The standard InChI is InChI=1S/C15H22N4O3/c1-10-17-11(5-6-14(21)16-2)8-12(18-10)13-4-3-7-19(13)15(22)9-20/h8,13,20H,3-7,9H2,1-2H3,(H,16,21). The minimum atomic E-state index is -0.482. The molecule has 0 bridgehead atoms. The van der Waals surface area contributed by atoms with Gasteiger partial charge in [0, 0.05) is 25.7 Å². The molecule has 2 rings (SSSR count). The number of likely N-dealkylation sites (tertiary alicyclic amines) is 1. The van der Waals surface area contributed by atoms with E-state index in [4.69, 9.17) is 5.11 Å². The van der Waals surface area contributed by atoms with Crippen molar-refractivity contribution < 1.29 is 14.7 Å². The Morgan fingerprint density at radius 3 is 2.91 bits per heavy atom. The molecule has 1 unspecified atom stereocenters. The summed E-state index contributed by atoms with van der Waals surface area (Å²) in [5.74, 6) is 0.328. The van der Waals surface area contributed by atoms with Crippen molar-refractivity contribution in [2.45, 2.75) is 38.6 Å². The SMILES string of the molecule is CNC(=O)CCc1cc(C2CCCN2C(=O)CO)nc(C)n1. The first-order chi connectivity index (χ1) is 10.5. The highest BCUT2D eigenvalue weighted by Gasteiger charge is 2.30. The molecule has 1 atom stereocenters. The Morgan fingerprint density at radius 2 is 2.23 bits per heavy atom. The number of nitrogens with one attached hydrogen (secondary N) is 1. The van der Waals surface area contributed by atoms with Crippen LogP contribution in [0, 0.1) is 6.92 Å². The van der Waals surface area contributed by atoms with Gasteiger partial charge in [-0.15, -0.1) is 0 Å². The second-order valence-electron chi connectivity index (χ2n) is 5.41. The van der Waals surface area contributed by atoms with Crippen molar-refractivity contribution in [1.82, 2.24) is 20.2 Å². The van der Waals surface area contributed by atoms with Crippen molar-refractivity contribution in [1.29, 1.82) is 0 Å². The third-order valence-electron chi connectivity index (χ3n) is 3.85. The van der Waals surface area contributed by atoms with Gasteiger partial charge in [0.1, 0.15) is 12.4 Å². The predicted molar refractivity (Wildman–Crippen MR) is 79.9 cm³/mol. The van der Waals surface area contributed by atoms with E-state index >= 15 is 0 Å². The molecule has 2 N–H and O–H groups in total. The second-order valence-corrected chi connectivity index (χ2v) is 5.41. The molecule has 22 heavy (non-hydrogen) atoms. The third-order valence-corrected chi connectivity index (χ3v) is 3.85. The number of nitrogens with zero attached hydrogens (tertiary/aromatic N) is 3. The molecule has 1 aromatic rings. The molecule has 7 nitrogen and oxygen atoms in total.